The Balaban J connectivity index is 2.09. The van der Waals surface area contributed by atoms with Crippen LogP contribution >= 0.6 is 0 Å². The molecule has 3 rings (SSSR count). The van der Waals surface area contributed by atoms with Gasteiger partial charge in [0.05, 0.1) is 17.6 Å². The average Bonchev–Trinajstić information content (AvgIpc) is 2.75. The zero-order valence-corrected chi connectivity index (χ0v) is 12.7. The second-order valence-corrected chi connectivity index (χ2v) is 6.11. The van der Waals surface area contributed by atoms with Crippen molar-refractivity contribution < 1.29 is 0 Å². The van der Waals surface area contributed by atoms with Crippen LogP contribution < -0.4 is 5.32 Å². The topological polar surface area (TPSA) is 33.1 Å². The Hall–Kier alpha value is -1.39. The summed E-state index contributed by atoms with van der Waals surface area (Å²) in [7, 11) is 4.22. The Bertz CT molecular complexity index is 594. The molecule has 1 aromatic carbocycles. The summed E-state index contributed by atoms with van der Waals surface area (Å²) in [4.78, 5) is 7.09. The normalized spacial score (nSPS) is 17.2. The van der Waals surface area contributed by atoms with Crippen LogP contribution in [0.5, 0.6) is 0 Å². The highest BCUT2D eigenvalue weighted by Crippen LogP contribution is 2.27. The molecule has 0 unspecified atom stereocenters. The van der Waals surface area contributed by atoms with E-state index in [1.54, 1.807) is 0 Å². The second kappa shape index (κ2) is 5.54. The van der Waals surface area contributed by atoms with Gasteiger partial charge in [0, 0.05) is 6.04 Å². The van der Waals surface area contributed by atoms with Gasteiger partial charge in [0.15, 0.2) is 0 Å². The highest BCUT2D eigenvalue weighted by molar-refractivity contribution is 5.77. The third-order valence-electron chi connectivity index (χ3n) is 4.05. The third-order valence-corrected chi connectivity index (χ3v) is 4.05. The number of hydrogen-bond donors (Lipinski definition) is 1. The smallest absolute Gasteiger partial charge is 0.124 e. The fraction of sp³-hybridized carbons (Fsp3) is 0.562. The van der Waals surface area contributed by atoms with Gasteiger partial charge in [-0.05, 0) is 64.6 Å². The predicted octanol–water partition coefficient (Wildman–Crippen LogP) is 2.33. The van der Waals surface area contributed by atoms with E-state index in [4.69, 9.17) is 4.98 Å². The van der Waals surface area contributed by atoms with Crippen LogP contribution in [-0.2, 0) is 6.54 Å². The SMILES string of the molecule is Cc1ccc2c(c1)nc(CN(C)C)n2C1CCNCC1. The van der Waals surface area contributed by atoms with Crippen molar-refractivity contribution in [1.82, 2.24) is 19.8 Å². The van der Waals surface area contributed by atoms with Gasteiger partial charge in [0.2, 0.25) is 0 Å². The first-order valence-corrected chi connectivity index (χ1v) is 7.48. The third kappa shape index (κ3) is 2.58. The summed E-state index contributed by atoms with van der Waals surface area (Å²) in [6.45, 7) is 5.25. The summed E-state index contributed by atoms with van der Waals surface area (Å²) < 4.78 is 2.48. The molecule has 108 valence electrons. The van der Waals surface area contributed by atoms with E-state index in [9.17, 15) is 0 Å². The van der Waals surface area contributed by atoms with Crippen LogP contribution in [0.15, 0.2) is 18.2 Å². The lowest BCUT2D eigenvalue weighted by molar-refractivity contribution is 0.335. The maximum atomic E-state index is 4.89. The summed E-state index contributed by atoms with van der Waals surface area (Å²) in [6, 6.07) is 7.21. The minimum atomic E-state index is 0.582. The van der Waals surface area contributed by atoms with Gasteiger partial charge in [0.1, 0.15) is 5.82 Å². The molecule has 0 aliphatic carbocycles. The summed E-state index contributed by atoms with van der Waals surface area (Å²) in [6.07, 6.45) is 2.39. The van der Waals surface area contributed by atoms with E-state index in [0.29, 0.717) is 6.04 Å². The molecule has 1 fully saturated rings. The highest BCUT2D eigenvalue weighted by Gasteiger charge is 2.21. The van der Waals surface area contributed by atoms with Gasteiger partial charge >= 0.3 is 0 Å². The molecule has 0 saturated carbocycles. The van der Waals surface area contributed by atoms with Crippen LogP contribution in [0.2, 0.25) is 0 Å². The summed E-state index contributed by atoms with van der Waals surface area (Å²) in [5, 5.41) is 3.45. The number of nitrogens with zero attached hydrogens (tertiary/aromatic N) is 3. The van der Waals surface area contributed by atoms with Crippen molar-refractivity contribution in [3.63, 3.8) is 0 Å². The standard InChI is InChI=1S/C16H24N4/c1-12-4-5-15-14(10-12)18-16(11-19(2)3)20(15)13-6-8-17-9-7-13/h4-5,10,13,17H,6-9,11H2,1-3H3. The van der Waals surface area contributed by atoms with Crippen molar-refractivity contribution >= 4 is 11.0 Å². The fourth-order valence-corrected chi connectivity index (χ4v) is 3.13. The molecule has 4 nitrogen and oxygen atoms in total. The van der Waals surface area contributed by atoms with Gasteiger partial charge in [-0.1, -0.05) is 6.07 Å². The zero-order chi connectivity index (χ0) is 14.1. The molecular weight excluding hydrogens is 248 g/mol. The van der Waals surface area contributed by atoms with Crippen molar-refractivity contribution in [2.75, 3.05) is 27.2 Å². The van der Waals surface area contributed by atoms with Gasteiger partial charge < -0.3 is 14.8 Å². The largest absolute Gasteiger partial charge is 0.324 e. The van der Waals surface area contributed by atoms with Gasteiger partial charge in [-0.15, -0.1) is 0 Å². The Morgan fingerprint density at radius 3 is 2.75 bits per heavy atom. The quantitative estimate of drug-likeness (QED) is 0.931. The number of imidazole rings is 1. The lowest BCUT2D eigenvalue weighted by atomic mass is 10.1. The van der Waals surface area contributed by atoms with Crippen LogP contribution in [0.25, 0.3) is 11.0 Å². The number of hydrogen-bond acceptors (Lipinski definition) is 3. The average molecular weight is 272 g/mol. The number of aromatic nitrogens is 2. The minimum Gasteiger partial charge on any atom is -0.324 e. The summed E-state index contributed by atoms with van der Waals surface area (Å²) >= 11 is 0. The molecule has 20 heavy (non-hydrogen) atoms. The monoisotopic (exact) mass is 272 g/mol. The van der Waals surface area contributed by atoms with Gasteiger partial charge in [-0.3, -0.25) is 0 Å². The Morgan fingerprint density at radius 2 is 2.05 bits per heavy atom. The molecule has 1 aromatic heterocycles. The van der Waals surface area contributed by atoms with E-state index < -0.39 is 0 Å². The van der Waals surface area contributed by atoms with E-state index in [1.165, 1.54) is 29.7 Å². The molecule has 0 bridgehead atoms. The molecule has 0 amide bonds. The van der Waals surface area contributed by atoms with Crippen molar-refractivity contribution in [3.05, 3.63) is 29.6 Å². The van der Waals surface area contributed by atoms with Crippen LogP contribution in [0.4, 0.5) is 0 Å². The number of fused-ring (bicyclic) bond motifs is 1. The van der Waals surface area contributed by atoms with Crippen LogP contribution in [0.3, 0.4) is 0 Å². The van der Waals surface area contributed by atoms with Crippen LogP contribution in [0, 0.1) is 6.92 Å². The second-order valence-electron chi connectivity index (χ2n) is 6.11. The molecule has 0 radical (unpaired) electrons. The van der Waals surface area contributed by atoms with Gasteiger partial charge in [-0.2, -0.15) is 0 Å². The minimum absolute atomic E-state index is 0.582. The van der Waals surface area contributed by atoms with E-state index in [2.05, 4.69) is 54.0 Å². The highest BCUT2D eigenvalue weighted by atomic mass is 15.2. The molecule has 0 spiro atoms. The van der Waals surface area contributed by atoms with E-state index in [1.807, 2.05) is 0 Å². The fourth-order valence-electron chi connectivity index (χ4n) is 3.13. The van der Waals surface area contributed by atoms with E-state index in [-0.39, 0.29) is 0 Å². The van der Waals surface area contributed by atoms with E-state index >= 15 is 0 Å². The Morgan fingerprint density at radius 1 is 1.30 bits per heavy atom. The van der Waals surface area contributed by atoms with Crippen molar-refractivity contribution in [2.24, 2.45) is 0 Å². The number of nitrogens with one attached hydrogen (secondary N) is 1. The predicted molar refractivity (Wildman–Crippen MR) is 83.0 cm³/mol. The first-order valence-electron chi connectivity index (χ1n) is 7.48. The molecule has 2 heterocycles. The number of rotatable bonds is 3. The molecule has 1 saturated heterocycles. The molecule has 2 aromatic rings. The van der Waals surface area contributed by atoms with Crippen LogP contribution in [-0.4, -0.2) is 41.6 Å². The summed E-state index contributed by atoms with van der Waals surface area (Å²) in [5.74, 6) is 1.20. The van der Waals surface area contributed by atoms with E-state index in [0.717, 1.165) is 25.2 Å². The first-order chi connectivity index (χ1) is 9.65. The lowest BCUT2D eigenvalue weighted by Gasteiger charge is -2.27. The maximum Gasteiger partial charge on any atom is 0.124 e. The number of aryl methyl sites for hydroxylation is 1. The lowest BCUT2D eigenvalue weighted by Crippen LogP contribution is -2.30. The molecule has 1 N–H and O–H groups in total. The first kappa shape index (κ1) is 13.6. The zero-order valence-electron chi connectivity index (χ0n) is 12.7. The number of benzene rings is 1. The molecule has 4 heteroatoms. The molecule has 0 atom stereocenters. The Labute approximate surface area is 120 Å². The number of piperidine rings is 1. The van der Waals surface area contributed by atoms with Gasteiger partial charge in [0.25, 0.3) is 0 Å². The maximum absolute atomic E-state index is 4.89. The van der Waals surface area contributed by atoms with Crippen molar-refractivity contribution in [1.29, 1.82) is 0 Å². The molecular formula is C16H24N4. The molecule has 1 aliphatic heterocycles. The van der Waals surface area contributed by atoms with Crippen LogP contribution in [0.1, 0.15) is 30.3 Å². The van der Waals surface area contributed by atoms with Gasteiger partial charge in [-0.25, -0.2) is 4.98 Å². The Kier molecular flexibility index (Phi) is 3.76. The molecule has 1 aliphatic rings. The van der Waals surface area contributed by atoms with Crippen molar-refractivity contribution in [3.8, 4) is 0 Å². The van der Waals surface area contributed by atoms with Crippen molar-refractivity contribution in [2.45, 2.75) is 32.4 Å². The summed E-state index contributed by atoms with van der Waals surface area (Å²) in [5.41, 5.74) is 3.71.